The molecule has 0 aliphatic carbocycles. The van der Waals surface area contributed by atoms with Crippen molar-refractivity contribution >= 4 is 29.0 Å². The standard InChI is InChI=1S/C30H27N3O5S/c1-18-26(28(34)32-20-10-6-5-7-11-20)27(23-14-13-22(37-3)17-24(23)38-4)33-29(35)25(39-30(33)31-18)16-19-9-8-12-21(15-19)36-2/h5-17,27H,1-4H3,(H,32,34)/b25-16-/t27-/m1/s1. The van der Waals surface area contributed by atoms with Crippen molar-refractivity contribution in [2.75, 3.05) is 26.6 Å². The number of fused-ring (bicyclic) bond motifs is 1. The Morgan fingerprint density at radius 3 is 2.41 bits per heavy atom. The third kappa shape index (κ3) is 5.08. The van der Waals surface area contributed by atoms with Gasteiger partial charge in [0, 0.05) is 17.3 Å². The van der Waals surface area contributed by atoms with Crippen LogP contribution >= 0.6 is 11.3 Å². The Labute approximate surface area is 229 Å². The van der Waals surface area contributed by atoms with E-state index in [0.29, 0.717) is 49.1 Å². The monoisotopic (exact) mass is 541 g/mol. The number of thiazole rings is 1. The molecule has 1 aliphatic heterocycles. The van der Waals surface area contributed by atoms with Gasteiger partial charge in [0.05, 0.1) is 37.1 Å². The summed E-state index contributed by atoms with van der Waals surface area (Å²) in [6, 6.07) is 21.2. The Hall–Kier alpha value is -4.63. The number of para-hydroxylation sites is 1. The maximum Gasteiger partial charge on any atom is 0.271 e. The molecule has 3 aromatic carbocycles. The Bertz CT molecular complexity index is 1760. The number of aromatic nitrogens is 1. The first-order valence-corrected chi connectivity index (χ1v) is 13.0. The van der Waals surface area contributed by atoms with Crippen LogP contribution in [0.2, 0.25) is 0 Å². The Morgan fingerprint density at radius 1 is 0.949 bits per heavy atom. The van der Waals surface area contributed by atoms with Crippen LogP contribution in [0.15, 0.2) is 93.9 Å². The molecule has 2 heterocycles. The molecular formula is C30H27N3O5S. The third-order valence-corrected chi connectivity index (χ3v) is 7.41. The molecular weight excluding hydrogens is 514 g/mol. The first-order chi connectivity index (χ1) is 18.9. The number of carbonyl (C=O) groups excluding carboxylic acids is 1. The van der Waals surface area contributed by atoms with E-state index in [-0.39, 0.29) is 11.5 Å². The SMILES string of the molecule is COc1cccc(/C=c2\sc3n(c2=O)[C@H](c2ccc(OC)cc2OC)C(C(=O)Nc2ccccc2)=C(C)N=3)c1. The summed E-state index contributed by atoms with van der Waals surface area (Å²) in [5.74, 6) is 1.42. The van der Waals surface area contributed by atoms with E-state index in [1.54, 1.807) is 63.2 Å². The van der Waals surface area contributed by atoms with E-state index in [1.165, 1.54) is 11.3 Å². The first kappa shape index (κ1) is 26.0. The first-order valence-electron chi connectivity index (χ1n) is 12.2. The van der Waals surface area contributed by atoms with Crippen molar-refractivity contribution in [1.82, 2.24) is 4.57 Å². The van der Waals surface area contributed by atoms with E-state index < -0.39 is 6.04 Å². The second kappa shape index (κ2) is 11.0. The van der Waals surface area contributed by atoms with E-state index in [2.05, 4.69) is 5.32 Å². The van der Waals surface area contributed by atoms with Gasteiger partial charge in [0.1, 0.15) is 23.3 Å². The molecule has 4 aromatic rings. The molecule has 0 saturated carbocycles. The molecule has 0 saturated heterocycles. The summed E-state index contributed by atoms with van der Waals surface area (Å²) in [6.07, 6.45) is 1.80. The number of amides is 1. The van der Waals surface area contributed by atoms with E-state index in [0.717, 1.165) is 5.56 Å². The predicted molar refractivity (Wildman–Crippen MR) is 151 cm³/mol. The van der Waals surface area contributed by atoms with Crippen molar-refractivity contribution in [2.45, 2.75) is 13.0 Å². The molecule has 0 radical (unpaired) electrons. The smallest absolute Gasteiger partial charge is 0.271 e. The molecule has 1 aliphatic rings. The van der Waals surface area contributed by atoms with E-state index >= 15 is 0 Å². The Balaban J connectivity index is 1.72. The fourth-order valence-electron chi connectivity index (χ4n) is 4.55. The van der Waals surface area contributed by atoms with Crippen molar-refractivity contribution in [3.05, 3.63) is 115 Å². The molecule has 8 nitrogen and oxygen atoms in total. The van der Waals surface area contributed by atoms with Crippen LogP contribution in [-0.2, 0) is 4.79 Å². The summed E-state index contributed by atoms with van der Waals surface area (Å²) in [4.78, 5) is 32.9. The van der Waals surface area contributed by atoms with Gasteiger partial charge in [-0.05, 0) is 55.0 Å². The number of carbonyl (C=O) groups is 1. The average molecular weight is 542 g/mol. The van der Waals surface area contributed by atoms with E-state index in [9.17, 15) is 9.59 Å². The quantitative estimate of drug-likeness (QED) is 0.383. The van der Waals surface area contributed by atoms with Crippen LogP contribution in [0.5, 0.6) is 17.2 Å². The van der Waals surface area contributed by atoms with Gasteiger partial charge in [0.2, 0.25) is 0 Å². The molecule has 5 rings (SSSR count). The molecule has 39 heavy (non-hydrogen) atoms. The summed E-state index contributed by atoms with van der Waals surface area (Å²) in [6.45, 7) is 1.78. The van der Waals surface area contributed by atoms with Crippen molar-refractivity contribution in [3.8, 4) is 17.2 Å². The minimum absolute atomic E-state index is 0.262. The van der Waals surface area contributed by atoms with Gasteiger partial charge < -0.3 is 19.5 Å². The van der Waals surface area contributed by atoms with Gasteiger partial charge in [-0.15, -0.1) is 0 Å². The van der Waals surface area contributed by atoms with Crippen LogP contribution in [0.4, 0.5) is 5.69 Å². The topological polar surface area (TPSA) is 91.1 Å². The zero-order valence-corrected chi connectivity index (χ0v) is 22.7. The van der Waals surface area contributed by atoms with Gasteiger partial charge in [0.25, 0.3) is 11.5 Å². The van der Waals surface area contributed by atoms with Crippen molar-refractivity contribution in [2.24, 2.45) is 4.99 Å². The maximum absolute atomic E-state index is 13.9. The molecule has 9 heteroatoms. The lowest BCUT2D eigenvalue weighted by atomic mass is 9.94. The van der Waals surface area contributed by atoms with Crippen molar-refractivity contribution < 1.29 is 19.0 Å². The molecule has 1 aromatic heterocycles. The number of nitrogens with zero attached hydrogens (tertiary/aromatic N) is 2. The van der Waals surface area contributed by atoms with Crippen LogP contribution in [0.1, 0.15) is 24.1 Å². The highest BCUT2D eigenvalue weighted by Gasteiger charge is 2.34. The summed E-state index contributed by atoms with van der Waals surface area (Å²) < 4.78 is 18.5. The van der Waals surface area contributed by atoms with Gasteiger partial charge in [-0.25, -0.2) is 4.99 Å². The number of methoxy groups -OCH3 is 3. The third-order valence-electron chi connectivity index (χ3n) is 6.42. The van der Waals surface area contributed by atoms with Crippen LogP contribution in [0.3, 0.4) is 0 Å². The van der Waals surface area contributed by atoms with Crippen molar-refractivity contribution in [1.29, 1.82) is 0 Å². The highest BCUT2D eigenvalue weighted by Crippen LogP contribution is 2.37. The number of anilines is 1. The summed E-state index contributed by atoms with van der Waals surface area (Å²) in [5, 5.41) is 2.96. The maximum atomic E-state index is 13.9. The molecule has 0 spiro atoms. The number of rotatable bonds is 7. The zero-order valence-electron chi connectivity index (χ0n) is 21.9. The highest BCUT2D eigenvalue weighted by molar-refractivity contribution is 7.07. The number of nitrogens with one attached hydrogen (secondary N) is 1. The fourth-order valence-corrected chi connectivity index (χ4v) is 5.60. The van der Waals surface area contributed by atoms with Gasteiger partial charge in [-0.3, -0.25) is 14.2 Å². The molecule has 0 unspecified atom stereocenters. The minimum atomic E-state index is -0.779. The van der Waals surface area contributed by atoms with E-state index in [4.69, 9.17) is 19.2 Å². The van der Waals surface area contributed by atoms with Gasteiger partial charge in [-0.2, -0.15) is 0 Å². The normalized spacial score (nSPS) is 14.9. The number of benzene rings is 3. The average Bonchev–Trinajstić information content (AvgIpc) is 3.26. The summed E-state index contributed by atoms with van der Waals surface area (Å²) in [7, 11) is 4.71. The predicted octanol–water partition coefficient (Wildman–Crippen LogP) is 3.90. The van der Waals surface area contributed by atoms with Crippen LogP contribution in [-0.4, -0.2) is 31.8 Å². The molecule has 1 N–H and O–H groups in total. The van der Waals surface area contributed by atoms with Gasteiger partial charge >= 0.3 is 0 Å². The second-order valence-corrected chi connectivity index (χ2v) is 9.80. The lowest BCUT2D eigenvalue weighted by Crippen LogP contribution is -2.40. The van der Waals surface area contributed by atoms with Crippen LogP contribution in [0.25, 0.3) is 6.08 Å². The Kier molecular flexibility index (Phi) is 7.33. The number of hydrogen-bond donors (Lipinski definition) is 1. The molecule has 198 valence electrons. The van der Waals surface area contributed by atoms with Gasteiger partial charge in [0.15, 0.2) is 4.80 Å². The minimum Gasteiger partial charge on any atom is -0.497 e. The molecule has 1 amide bonds. The fraction of sp³-hybridized carbons (Fsp3) is 0.167. The molecule has 0 fully saturated rings. The van der Waals surface area contributed by atoms with E-state index in [1.807, 2.05) is 48.5 Å². The van der Waals surface area contributed by atoms with Gasteiger partial charge in [-0.1, -0.05) is 41.7 Å². The number of hydrogen-bond acceptors (Lipinski definition) is 7. The van der Waals surface area contributed by atoms with Crippen LogP contribution < -0.4 is 34.4 Å². The van der Waals surface area contributed by atoms with Crippen LogP contribution in [0, 0.1) is 0 Å². The van der Waals surface area contributed by atoms with Crippen molar-refractivity contribution in [3.63, 3.8) is 0 Å². The largest absolute Gasteiger partial charge is 0.497 e. The number of allylic oxidation sites excluding steroid dienone is 1. The summed E-state index contributed by atoms with van der Waals surface area (Å²) >= 11 is 1.27. The lowest BCUT2D eigenvalue weighted by Gasteiger charge is -2.26. The second-order valence-electron chi connectivity index (χ2n) is 8.79. The highest BCUT2D eigenvalue weighted by atomic mass is 32.1. The number of ether oxygens (including phenoxy) is 3. The zero-order chi connectivity index (χ0) is 27.5. The Morgan fingerprint density at radius 2 is 1.69 bits per heavy atom. The molecule has 0 bridgehead atoms. The lowest BCUT2D eigenvalue weighted by molar-refractivity contribution is -0.113. The molecule has 1 atom stereocenters. The summed E-state index contributed by atoms with van der Waals surface area (Å²) in [5.41, 5.74) is 2.69.